The van der Waals surface area contributed by atoms with Gasteiger partial charge in [-0.1, -0.05) is 25.4 Å². The number of aliphatic hydroxyl groups excluding tert-OH is 1. The Morgan fingerprint density at radius 3 is 2.53 bits per heavy atom. The van der Waals surface area contributed by atoms with Gasteiger partial charge in [-0.25, -0.2) is 0 Å². The third-order valence-corrected chi connectivity index (χ3v) is 5.21. The number of halogens is 2. The average Bonchev–Trinajstić information content (AvgIpc) is 2.43. The largest absolute Gasteiger partial charge is 0.396 e. The fourth-order valence-corrected chi connectivity index (χ4v) is 2.30. The lowest BCUT2D eigenvalue weighted by Gasteiger charge is -2.29. The number of benzene rings is 1. The van der Waals surface area contributed by atoms with Crippen molar-refractivity contribution in [1.29, 1.82) is 0 Å². The first kappa shape index (κ1) is 16.7. The van der Waals surface area contributed by atoms with Crippen molar-refractivity contribution in [2.75, 3.05) is 13.2 Å². The summed E-state index contributed by atoms with van der Waals surface area (Å²) >= 11 is 8.12. The molecule has 19 heavy (non-hydrogen) atoms. The van der Waals surface area contributed by atoms with E-state index in [4.69, 9.17) is 11.6 Å². The monoisotopic (exact) mass is 395 g/mol. The molecule has 0 aromatic heterocycles. The number of rotatable bonds is 6. The summed E-state index contributed by atoms with van der Waals surface area (Å²) in [7, 11) is 0. The van der Waals surface area contributed by atoms with Gasteiger partial charge in [-0.3, -0.25) is 4.79 Å². The molecular formula is C14H19ClINO2. The molecule has 1 amide bonds. The Kier molecular flexibility index (Phi) is 6.56. The zero-order chi connectivity index (χ0) is 14.5. The van der Waals surface area contributed by atoms with Crippen molar-refractivity contribution in [3.05, 3.63) is 32.4 Å². The summed E-state index contributed by atoms with van der Waals surface area (Å²) in [6.45, 7) is 4.59. The van der Waals surface area contributed by atoms with Gasteiger partial charge in [0.2, 0.25) is 0 Å². The molecule has 0 unspecified atom stereocenters. The van der Waals surface area contributed by atoms with Crippen LogP contribution in [0.1, 0.15) is 37.0 Å². The SMILES string of the molecule is CCC(CC)(CO)CNC(=O)c1ccc(I)c(Cl)c1. The second kappa shape index (κ2) is 7.45. The number of amides is 1. The third-order valence-electron chi connectivity index (χ3n) is 3.64. The van der Waals surface area contributed by atoms with E-state index in [1.165, 1.54) is 0 Å². The molecule has 106 valence electrons. The van der Waals surface area contributed by atoms with E-state index in [2.05, 4.69) is 27.9 Å². The van der Waals surface area contributed by atoms with Gasteiger partial charge >= 0.3 is 0 Å². The van der Waals surface area contributed by atoms with Crippen molar-refractivity contribution in [3.8, 4) is 0 Å². The summed E-state index contributed by atoms with van der Waals surface area (Å²) in [5.41, 5.74) is 0.312. The average molecular weight is 396 g/mol. The van der Waals surface area contributed by atoms with Crippen molar-refractivity contribution >= 4 is 40.1 Å². The molecule has 1 rings (SSSR count). The van der Waals surface area contributed by atoms with Crippen LogP contribution in [0, 0.1) is 8.99 Å². The van der Waals surface area contributed by atoms with Crippen molar-refractivity contribution in [2.45, 2.75) is 26.7 Å². The fraction of sp³-hybridized carbons (Fsp3) is 0.500. The molecule has 0 aliphatic rings. The van der Waals surface area contributed by atoms with Gasteiger partial charge in [0.05, 0.1) is 11.6 Å². The first-order valence-electron chi connectivity index (χ1n) is 6.32. The number of carbonyl (C=O) groups excluding carboxylic acids is 1. The highest BCUT2D eigenvalue weighted by Crippen LogP contribution is 2.25. The third kappa shape index (κ3) is 4.33. The maximum absolute atomic E-state index is 12.0. The van der Waals surface area contributed by atoms with Gasteiger partial charge in [0, 0.05) is 21.1 Å². The van der Waals surface area contributed by atoms with Crippen LogP contribution in [0.4, 0.5) is 0 Å². The minimum absolute atomic E-state index is 0.0771. The topological polar surface area (TPSA) is 49.3 Å². The molecule has 0 radical (unpaired) electrons. The minimum Gasteiger partial charge on any atom is -0.396 e. The highest BCUT2D eigenvalue weighted by molar-refractivity contribution is 14.1. The molecule has 1 aromatic carbocycles. The lowest BCUT2D eigenvalue weighted by Crippen LogP contribution is -2.39. The van der Waals surface area contributed by atoms with E-state index in [0.717, 1.165) is 16.4 Å². The first-order chi connectivity index (χ1) is 8.98. The molecule has 0 heterocycles. The van der Waals surface area contributed by atoms with E-state index in [9.17, 15) is 9.90 Å². The van der Waals surface area contributed by atoms with E-state index in [1.807, 2.05) is 19.9 Å². The number of carbonyl (C=O) groups is 1. The van der Waals surface area contributed by atoms with Crippen molar-refractivity contribution < 1.29 is 9.90 Å². The maximum Gasteiger partial charge on any atom is 0.251 e. The van der Waals surface area contributed by atoms with Crippen LogP contribution in [-0.4, -0.2) is 24.2 Å². The Hall–Kier alpha value is -0.330. The second-order valence-corrected chi connectivity index (χ2v) is 6.25. The van der Waals surface area contributed by atoms with Crippen LogP contribution < -0.4 is 5.32 Å². The molecule has 0 atom stereocenters. The molecule has 2 N–H and O–H groups in total. The molecule has 0 aliphatic carbocycles. The Morgan fingerprint density at radius 2 is 2.05 bits per heavy atom. The highest BCUT2D eigenvalue weighted by Gasteiger charge is 2.26. The molecule has 0 aliphatic heterocycles. The standard InChI is InChI=1S/C14H19ClINO2/c1-3-14(4-2,9-18)8-17-13(19)10-5-6-12(16)11(15)7-10/h5-7,18H,3-4,8-9H2,1-2H3,(H,17,19). The van der Waals surface area contributed by atoms with Crippen molar-refractivity contribution in [3.63, 3.8) is 0 Å². The second-order valence-electron chi connectivity index (χ2n) is 4.68. The summed E-state index contributed by atoms with van der Waals surface area (Å²) in [6, 6.07) is 5.23. The van der Waals surface area contributed by atoms with E-state index in [1.54, 1.807) is 12.1 Å². The molecule has 0 spiro atoms. The van der Waals surface area contributed by atoms with Gasteiger partial charge in [-0.05, 0) is 53.6 Å². The quantitative estimate of drug-likeness (QED) is 0.725. The van der Waals surface area contributed by atoms with Crippen LogP contribution in [0.15, 0.2) is 18.2 Å². The number of hydrogen-bond acceptors (Lipinski definition) is 2. The zero-order valence-corrected chi connectivity index (χ0v) is 14.1. The zero-order valence-electron chi connectivity index (χ0n) is 11.2. The van der Waals surface area contributed by atoms with Crippen molar-refractivity contribution in [1.82, 2.24) is 5.32 Å². The van der Waals surface area contributed by atoms with Gasteiger partial charge < -0.3 is 10.4 Å². The van der Waals surface area contributed by atoms with Crippen LogP contribution in [0.25, 0.3) is 0 Å². The van der Waals surface area contributed by atoms with E-state index < -0.39 is 0 Å². The lowest BCUT2D eigenvalue weighted by molar-refractivity contribution is 0.0851. The molecular weight excluding hydrogens is 377 g/mol. The molecule has 3 nitrogen and oxygen atoms in total. The summed E-state index contributed by atoms with van der Waals surface area (Å²) in [5, 5.41) is 12.9. The van der Waals surface area contributed by atoms with E-state index in [-0.39, 0.29) is 17.9 Å². The van der Waals surface area contributed by atoms with Crippen LogP contribution >= 0.6 is 34.2 Å². The minimum atomic E-state index is -0.233. The van der Waals surface area contributed by atoms with Crippen LogP contribution in [-0.2, 0) is 0 Å². The van der Waals surface area contributed by atoms with Crippen LogP contribution in [0.2, 0.25) is 5.02 Å². The molecule has 1 aromatic rings. The number of hydrogen-bond donors (Lipinski definition) is 2. The molecule has 0 saturated heterocycles. The highest BCUT2D eigenvalue weighted by atomic mass is 127. The van der Waals surface area contributed by atoms with Gasteiger partial charge in [-0.15, -0.1) is 0 Å². The molecule has 0 bridgehead atoms. The summed E-state index contributed by atoms with van der Waals surface area (Å²) in [6.07, 6.45) is 1.65. The van der Waals surface area contributed by atoms with Crippen LogP contribution in [0.5, 0.6) is 0 Å². The predicted octanol–water partition coefficient (Wildman–Crippen LogP) is 3.47. The van der Waals surface area contributed by atoms with Gasteiger partial charge in [0.25, 0.3) is 5.91 Å². The summed E-state index contributed by atoms with van der Waals surface area (Å²) in [4.78, 5) is 12.0. The predicted molar refractivity (Wildman–Crippen MR) is 86.6 cm³/mol. The molecule has 5 heteroatoms. The summed E-state index contributed by atoms with van der Waals surface area (Å²) < 4.78 is 0.919. The normalized spacial score (nSPS) is 11.4. The molecule has 0 saturated carbocycles. The number of nitrogens with one attached hydrogen (secondary N) is 1. The maximum atomic E-state index is 12.0. The first-order valence-corrected chi connectivity index (χ1v) is 7.78. The molecule has 0 fully saturated rings. The lowest BCUT2D eigenvalue weighted by atomic mass is 9.83. The summed E-state index contributed by atoms with van der Waals surface area (Å²) in [5.74, 6) is -0.155. The van der Waals surface area contributed by atoms with Crippen LogP contribution in [0.3, 0.4) is 0 Å². The van der Waals surface area contributed by atoms with Gasteiger partial charge in [0.15, 0.2) is 0 Å². The number of aliphatic hydroxyl groups is 1. The Balaban J connectivity index is 2.72. The van der Waals surface area contributed by atoms with Gasteiger partial charge in [-0.2, -0.15) is 0 Å². The Labute approximate surface area is 132 Å². The fourth-order valence-electron chi connectivity index (χ4n) is 1.79. The van der Waals surface area contributed by atoms with Crippen molar-refractivity contribution in [2.24, 2.45) is 5.41 Å². The van der Waals surface area contributed by atoms with Gasteiger partial charge in [0.1, 0.15) is 0 Å². The smallest absolute Gasteiger partial charge is 0.251 e. The Bertz CT molecular complexity index is 439. The van der Waals surface area contributed by atoms with E-state index in [0.29, 0.717) is 17.1 Å². The Morgan fingerprint density at radius 1 is 1.42 bits per heavy atom. The van der Waals surface area contributed by atoms with E-state index >= 15 is 0 Å².